The van der Waals surface area contributed by atoms with Gasteiger partial charge in [0, 0.05) is 19.3 Å². The number of carbonyl (C=O) groups is 3. The van der Waals surface area contributed by atoms with E-state index in [2.05, 4.69) is 38.2 Å². The fourth-order valence-electron chi connectivity index (χ4n) is 9.22. The predicted octanol–water partition coefficient (Wildman–Crippen LogP) is 16.6. The molecule has 2 unspecified atom stereocenters. The lowest BCUT2D eigenvalue weighted by molar-refractivity contribution is -0.889. The molecule has 0 aromatic rings. The van der Waals surface area contributed by atoms with Gasteiger partial charge in [-0.3, -0.25) is 9.59 Å². The maximum Gasteiger partial charge on any atom is 0.306 e. The Bertz CT molecular complexity index is 1180. The minimum absolute atomic E-state index is 0.0423. The Morgan fingerprint density at radius 2 is 0.768 bits per heavy atom. The smallest absolute Gasteiger partial charge is 0.306 e. The minimum Gasteiger partial charge on any atom is -0.544 e. The molecule has 0 aliphatic heterocycles. The highest BCUT2D eigenvalue weighted by Gasteiger charge is 2.25. The van der Waals surface area contributed by atoms with Crippen LogP contribution in [0.3, 0.4) is 0 Å². The summed E-state index contributed by atoms with van der Waals surface area (Å²) in [6.07, 6.45) is 62.3. The number of carboxylic acids is 1. The SMILES string of the molecule is CCCCCCCCCC/C=C/C/C=C/CCCCCCCCCC(=O)OC(COCCC(C(=O)[O-])[N+](C)(C)C)COC(=O)CCCCCCCCCCCCCCCCCCCCCCCCC. The molecule has 0 N–H and O–H groups in total. The van der Waals surface area contributed by atoms with E-state index in [1.807, 2.05) is 21.1 Å². The molecule has 0 radical (unpaired) electrons. The maximum absolute atomic E-state index is 12.8. The molecule has 0 aromatic heterocycles. The molecule has 0 aliphatic rings. The number of likely N-dealkylation sites (N-methyl/N-ethyl adjacent to an activating group) is 1. The van der Waals surface area contributed by atoms with E-state index in [0.29, 0.717) is 12.8 Å². The Kier molecular flexibility index (Phi) is 50.5. The van der Waals surface area contributed by atoms with Crippen molar-refractivity contribution < 1.29 is 38.2 Å². The predicted molar refractivity (Wildman–Crippen MR) is 291 cm³/mol. The highest BCUT2D eigenvalue weighted by molar-refractivity contribution is 5.70. The zero-order valence-corrected chi connectivity index (χ0v) is 46.5. The van der Waals surface area contributed by atoms with Crippen LogP contribution in [0.4, 0.5) is 0 Å². The number of carbonyl (C=O) groups excluding carboxylic acids is 3. The maximum atomic E-state index is 12.8. The van der Waals surface area contributed by atoms with E-state index in [4.69, 9.17) is 14.2 Å². The minimum atomic E-state index is -1.12. The second-order valence-corrected chi connectivity index (χ2v) is 21.6. The van der Waals surface area contributed by atoms with Gasteiger partial charge in [-0.1, -0.05) is 256 Å². The zero-order chi connectivity index (χ0) is 50.6. The van der Waals surface area contributed by atoms with Gasteiger partial charge in [0.15, 0.2) is 6.10 Å². The molecule has 0 fully saturated rings. The number of allylic oxidation sites excluding steroid dienone is 4. The van der Waals surface area contributed by atoms with Gasteiger partial charge in [-0.15, -0.1) is 0 Å². The van der Waals surface area contributed by atoms with Crippen molar-refractivity contribution in [2.45, 2.75) is 309 Å². The molecule has 0 aromatic carbocycles. The van der Waals surface area contributed by atoms with Crippen molar-refractivity contribution in [2.75, 3.05) is 41.0 Å². The number of hydrogen-bond donors (Lipinski definition) is 0. The van der Waals surface area contributed by atoms with E-state index in [9.17, 15) is 19.5 Å². The number of esters is 2. The summed E-state index contributed by atoms with van der Waals surface area (Å²) in [6.45, 7) is 4.71. The van der Waals surface area contributed by atoms with Crippen molar-refractivity contribution in [3.8, 4) is 0 Å². The van der Waals surface area contributed by atoms with Crippen LogP contribution in [0.1, 0.15) is 296 Å². The molecular formula is C61H115NO7. The number of aliphatic carboxylic acids is 1. The van der Waals surface area contributed by atoms with Crippen LogP contribution in [0.5, 0.6) is 0 Å². The van der Waals surface area contributed by atoms with E-state index in [0.717, 1.165) is 51.4 Å². The van der Waals surface area contributed by atoms with Gasteiger partial charge in [0.05, 0.1) is 40.3 Å². The summed E-state index contributed by atoms with van der Waals surface area (Å²) >= 11 is 0. The van der Waals surface area contributed by atoms with Gasteiger partial charge in [0.2, 0.25) is 0 Å². The molecule has 0 spiro atoms. The number of quaternary nitrogens is 1. The third-order valence-corrected chi connectivity index (χ3v) is 13.8. The summed E-state index contributed by atoms with van der Waals surface area (Å²) in [5, 5.41) is 11.7. The van der Waals surface area contributed by atoms with Gasteiger partial charge in [-0.25, -0.2) is 0 Å². The topological polar surface area (TPSA) is 102 Å². The molecule has 0 saturated heterocycles. The first-order chi connectivity index (χ1) is 33.6. The Labute approximate surface area is 428 Å². The van der Waals surface area contributed by atoms with Crippen molar-refractivity contribution >= 4 is 17.9 Å². The van der Waals surface area contributed by atoms with Gasteiger partial charge in [0.25, 0.3) is 0 Å². The molecule has 406 valence electrons. The first kappa shape index (κ1) is 66.8. The molecule has 0 heterocycles. The normalized spacial score (nSPS) is 12.9. The van der Waals surface area contributed by atoms with E-state index in [1.54, 1.807) is 0 Å². The first-order valence-corrected chi connectivity index (χ1v) is 29.9. The molecular weight excluding hydrogens is 859 g/mol. The Balaban J connectivity index is 4.13. The van der Waals surface area contributed by atoms with Crippen molar-refractivity contribution in [3.05, 3.63) is 24.3 Å². The molecule has 2 atom stereocenters. The average molecular weight is 975 g/mol. The number of ether oxygens (including phenoxy) is 3. The van der Waals surface area contributed by atoms with E-state index in [-0.39, 0.29) is 42.7 Å². The lowest BCUT2D eigenvalue weighted by Gasteiger charge is -2.34. The van der Waals surface area contributed by atoms with Crippen LogP contribution in [0.25, 0.3) is 0 Å². The van der Waals surface area contributed by atoms with Crippen LogP contribution in [0.15, 0.2) is 24.3 Å². The lowest BCUT2D eigenvalue weighted by atomic mass is 10.0. The summed E-state index contributed by atoms with van der Waals surface area (Å²) in [5.74, 6) is -1.72. The lowest BCUT2D eigenvalue weighted by Crippen LogP contribution is -2.55. The van der Waals surface area contributed by atoms with Crippen molar-refractivity contribution in [2.24, 2.45) is 0 Å². The monoisotopic (exact) mass is 974 g/mol. The molecule has 69 heavy (non-hydrogen) atoms. The molecule has 0 rings (SSSR count). The summed E-state index contributed by atoms with van der Waals surface area (Å²) in [5.41, 5.74) is 0. The number of carboxylic acid groups (broad SMARTS) is 1. The summed E-state index contributed by atoms with van der Waals surface area (Å²) in [7, 11) is 5.43. The van der Waals surface area contributed by atoms with Crippen molar-refractivity contribution in [3.63, 3.8) is 0 Å². The van der Waals surface area contributed by atoms with Gasteiger partial charge >= 0.3 is 11.9 Å². The fourth-order valence-corrected chi connectivity index (χ4v) is 9.22. The van der Waals surface area contributed by atoms with Crippen molar-refractivity contribution in [1.82, 2.24) is 0 Å². The van der Waals surface area contributed by atoms with Crippen LogP contribution in [-0.2, 0) is 28.6 Å². The van der Waals surface area contributed by atoms with Gasteiger partial charge < -0.3 is 28.6 Å². The zero-order valence-electron chi connectivity index (χ0n) is 46.5. The molecule has 8 nitrogen and oxygen atoms in total. The molecule has 0 aliphatic carbocycles. The second-order valence-electron chi connectivity index (χ2n) is 21.6. The summed E-state index contributed by atoms with van der Waals surface area (Å²) < 4.78 is 17.3. The van der Waals surface area contributed by atoms with Crippen LogP contribution in [0.2, 0.25) is 0 Å². The Hall–Kier alpha value is -2.19. The molecule has 0 saturated carbocycles. The second kappa shape index (κ2) is 52.1. The standard InChI is InChI=1S/C61H115NO7/c1-6-8-10-12-14-16-18-20-22-24-26-28-30-32-33-35-37-39-41-43-45-47-49-51-59(63)68-56-57(55-67-54-53-58(61(65)66)62(3,4)5)69-60(64)52-50-48-46-44-42-40-38-36-34-31-29-27-25-23-21-19-17-15-13-11-9-7-2/h25,27,31,34,57-58H,6-24,26,28-30,32-33,35-56H2,1-5H3/b27-25+,34-31+. The Morgan fingerprint density at radius 1 is 0.435 bits per heavy atom. The number of hydrogen-bond acceptors (Lipinski definition) is 7. The number of unbranched alkanes of at least 4 members (excludes halogenated alkanes) is 37. The first-order valence-electron chi connectivity index (χ1n) is 29.9. The van der Waals surface area contributed by atoms with E-state index in [1.165, 1.54) is 212 Å². The van der Waals surface area contributed by atoms with E-state index < -0.39 is 18.1 Å². The summed E-state index contributed by atoms with van der Waals surface area (Å²) in [4.78, 5) is 37.2. The molecule has 0 amide bonds. The van der Waals surface area contributed by atoms with Crippen LogP contribution < -0.4 is 5.11 Å². The molecule has 0 bridgehead atoms. The third kappa shape index (κ3) is 50.5. The largest absolute Gasteiger partial charge is 0.544 e. The molecule has 8 heteroatoms. The van der Waals surface area contributed by atoms with E-state index >= 15 is 0 Å². The van der Waals surface area contributed by atoms with Crippen molar-refractivity contribution in [1.29, 1.82) is 0 Å². The Morgan fingerprint density at radius 3 is 1.12 bits per heavy atom. The van der Waals surface area contributed by atoms with Gasteiger partial charge in [-0.2, -0.15) is 0 Å². The summed E-state index contributed by atoms with van der Waals surface area (Å²) in [6, 6.07) is -0.726. The van der Waals surface area contributed by atoms with Crippen LogP contribution in [-0.4, -0.2) is 75.5 Å². The van der Waals surface area contributed by atoms with Gasteiger partial charge in [-0.05, 0) is 44.9 Å². The van der Waals surface area contributed by atoms with Gasteiger partial charge in [0.1, 0.15) is 12.6 Å². The highest BCUT2D eigenvalue weighted by Crippen LogP contribution is 2.17. The average Bonchev–Trinajstić information content (AvgIpc) is 3.31. The fraction of sp³-hybridized carbons (Fsp3) is 0.885. The van der Waals surface area contributed by atoms with Crippen LogP contribution >= 0.6 is 0 Å². The number of nitrogens with zero attached hydrogens (tertiary/aromatic N) is 1. The third-order valence-electron chi connectivity index (χ3n) is 13.8. The highest BCUT2D eigenvalue weighted by atomic mass is 16.6. The number of rotatable bonds is 55. The van der Waals surface area contributed by atoms with Crippen LogP contribution in [0, 0.1) is 0 Å². The quantitative estimate of drug-likeness (QED) is 0.0259.